The summed E-state index contributed by atoms with van der Waals surface area (Å²) >= 11 is 0. The summed E-state index contributed by atoms with van der Waals surface area (Å²) in [6.45, 7) is 4.05. The molecule has 0 fully saturated rings. The molecule has 144 valence electrons. The Kier molecular flexibility index (Phi) is 4.78. The van der Waals surface area contributed by atoms with Gasteiger partial charge in [0.2, 0.25) is 5.88 Å². The minimum atomic E-state index is -0.443. The number of nitrogens with zero attached hydrogens (tertiary/aromatic N) is 2. The monoisotopic (exact) mass is 386 g/mol. The number of nitrogens with one attached hydrogen (secondary N) is 2. The molecule has 4 rings (SSSR count). The van der Waals surface area contributed by atoms with E-state index in [2.05, 4.69) is 20.5 Å². The van der Waals surface area contributed by atoms with Gasteiger partial charge in [0.1, 0.15) is 5.75 Å². The van der Waals surface area contributed by atoms with Gasteiger partial charge in [0.05, 0.1) is 17.3 Å². The third kappa shape index (κ3) is 3.84. The summed E-state index contributed by atoms with van der Waals surface area (Å²) in [4.78, 5) is 28.7. The summed E-state index contributed by atoms with van der Waals surface area (Å²) < 4.78 is 5.75. The molecule has 0 unspecified atom stereocenters. The summed E-state index contributed by atoms with van der Waals surface area (Å²) in [6, 6.07) is 16.0. The maximum Gasteiger partial charge on any atom is 0.276 e. The molecular weight excluding hydrogens is 368 g/mol. The van der Waals surface area contributed by atoms with E-state index in [0.29, 0.717) is 28.1 Å². The van der Waals surface area contributed by atoms with Gasteiger partial charge < -0.3 is 10.1 Å². The molecule has 2 aromatic carbocycles. The van der Waals surface area contributed by atoms with E-state index >= 15 is 0 Å². The number of benzene rings is 2. The van der Waals surface area contributed by atoms with E-state index in [4.69, 9.17) is 4.74 Å². The van der Waals surface area contributed by atoms with Gasteiger partial charge in [0, 0.05) is 11.5 Å². The van der Waals surface area contributed by atoms with Gasteiger partial charge in [0.15, 0.2) is 5.69 Å². The molecule has 0 radical (unpaired) electrons. The fourth-order valence-electron chi connectivity index (χ4n) is 2.89. The Balaban J connectivity index is 1.52. The van der Waals surface area contributed by atoms with Crippen LogP contribution in [-0.4, -0.2) is 21.1 Å². The highest BCUT2D eigenvalue weighted by Gasteiger charge is 2.14. The van der Waals surface area contributed by atoms with Crippen LogP contribution in [0, 0.1) is 13.8 Å². The summed E-state index contributed by atoms with van der Waals surface area (Å²) in [5.74, 6) is 0.669. The minimum Gasteiger partial charge on any atom is -0.439 e. The summed E-state index contributed by atoms with van der Waals surface area (Å²) in [6.07, 6.45) is 1.50. The predicted octanol–water partition coefficient (Wildman–Crippen LogP) is 3.98. The van der Waals surface area contributed by atoms with Crippen molar-refractivity contribution < 1.29 is 9.53 Å². The zero-order valence-corrected chi connectivity index (χ0v) is 15.9. The zero-order chi connectivity index (χ0) is 20.4. The van der Waals surface area contributed by atoms with Gasteiger partial charge >= 0.3 is 0 Å². The average molecular weight is 386 g/mol. The minimum absolute atomic E-state index is 0.135. The Bertz CT molecular complexity index is 1260. The van der Waals surface area contributed by atoms with Crippen LogP contribution in [0.15, 0.2) is 65.6 Å². The number of fused-ring (bicyclic) bond motifs is 1. The molecule has 0 bridgehead atoms. The van der Waals surface area contributed by atoms with Crippen LogP contribution in [0.4, 0.5) is 5.69 Å². The largest absolute Gasteiger partial charge is 0.439 e. The van der Waals surface area contributed by atoms with Crippen molar-refractivity contribution >= 4 is 22.4 Å². The van der Waals surface area contributed by atoms with Gasteiger partial charge in [-0.1, -0.05) is 24.3 Å². The lowest BCUT2D eigenvalue weighted by Gasteiger charge is -2.09. The first-order chi connectivity index (χ1) is 14.0. The van der Waals surface area contributed by atoms with Crippen molar-refractivity contribution in [3.63, 3.8) is 0 Å². The highest BCUT2D eigenvalue weighted by Crippen LogP contribution is 2.23. The third-order valence-corrected chi connectivity index (χ3v) is 4.61. The number of hydrogen-bond acceptors (Lipinski definition) is 5. The lowest BCUT2D eigenvalue weighted by atomic mass is 10.1. The smallest absolute Gasteiger partial charge is 0.276 e. The molecule has 7 nitrogen and oxygen atoms in total. The summed E-state index contributed by atoms with van der Waals surface area (Å²) in [5, 5.41) is 9.87. The average Bonchev–Trinajstić information content (AvgIpc) is 2.72. The van der Waals surface area contributed by atoms with Crippen molar-refractivity contribution in [3.8, 4) is 11.6 Å². The van der Waals surface area contributed by atoms with E-state index < -0.39 is 5.91 Å². The van der Waals surface area contributed by atoms with Gasteiger partial charge in [-0.3, -0.25) is 9.59 Å². The Morgan fingerprint density at radius 2 is 1.79 bits per heavy atom. The highest BCUT2D eigenvalue weighted by molar-refractivity contribution is 6.10. The number of amides is 1. The molecule has 7 heteroatoms. The van der Waals surface area contributed by atoms with E-state index in [1.165, 1.54) is 11.8 Å². The Labute approximate surface area is 166 Å². The summed E-state index contributed by atoms with van der Waals surface area (Å²) in [7, 11) is 0. The van der Waals surface area contributed by atoms with Crippen LogP contribution in [0.3, 0.4) is 0 Å². The van der Waals surface area contributed by atoms with Crippen LogP contribution in [0.5, 0.6) is 11.6 Å². The van der Waals surface area contributed by atoms with Crippen LogP contribution in [0.25, 0.3) is 10.8 Å². The van der Waals surface area contributed by atoms with Crippen LogP contribution < -0.4 is 15.6 Å². The van der Waals surface area contributed by atoms with E-state index in [1.54, 1.807) is 36.4 Å². The number of ether oxygens (including phenoxy) is 1. The van der Waals surface area contributed by atoms with Crippen LogP contribution >= 0.6 is 0 Å². The van der Waals surface area contributed by atoms with Crippen molar-refractivity contribution in [1.29, 1.82) is 0 Å². The number of carbonyl (C=O) groups is 1. The maximum absolute atomic E-state index is 12.6. The Morgan fingerprint density at radius 1 is 1.00 bits per heavy atom. The number of carbonyl (C=O) groups excluding carboxylic acids is 1. The molecule has 0 saturated carbocycles. The van der Waals surface area contributed by atoms with Gasteiger partial charge in [-0.15, -0.1) is 0 Å². The van der Waals surface area contributed by atoms with Gasteiger partial charge in [-0.05, 0) is 49.2 Å². The van der Waals surface area contributed by atoms with Gasteiger partial charge in [-0.2, -0.15) is 5.10 Å². The van der Waals surface area contributed by atoms with Crippen molar-refractivity contribution in [1.82, 2.24) is 15.2 Å². The first-order valence-corrected chi connectivity index (χ1v) is 9.01. The molecule has 0 atom stereocenters. The van der Waals surface area contributed by atoms with Crippen LogP contribution in [-0.2, 0) is 0 Å². The predicted molar refractivity (Wildman–Crippen MR) is 111 cm³/mol. The van der Waals surface area contributed by atoms with Crippen LogP contribution in [0.2, 0.25) is 0 Å². The number of hydrogen-bond donors (Lipinski definition) is 2. The molecule has 0 aliphatic heterocycles. The third-order valence-electron chi connectivity index (χ3n) is 4.61. The molecule has 0 saturated heterocycles. The number of pyridine rings is 1. The Hall–Kier alpha value is -4.00. The first-order valence-electron chi connectivity index (χ1n) is 9.01. The summed E-state index contributed by atoms with van der Waals surface area (Å²) in [5.41, 5.74) is 2.60. The second kappa shape index (κ2) is 7.55. The van der Waals surface area contributed by atoms with Crippen molar-refractivity contribution in [2.24, 2.45) is 0 Å². The maximum atomic E-state index is 12.6. The Morgan fingerprint density at radius 3 is 2.52 bits per heavy atom. The normalized spacial score (nSPS) is 10.7. The molecule has 4 aromatic rings. The first kappa shape index (κ1) is 18.4. The SMILES string of the molecule is Cc1ccc(Oc2ccc(NC(=O)c3n[nH]c(=O)c4ccccc34)cn2)cc1C. The van der Waals surface area contributed by atoms with E-state index in [0.717, 1.165) is 5.56 Å². The molecule has 29 heavy (non-hydrogen) atoms. The molecule has 1 amide bonds. The molecule has 2 N–H and O–H groups in total. The second-order valence-corrected chi connectivity index (χ2v) is 6.63. The number of aryl methyl sites for hydroxylation is 2. The van der Waals surface area contributed by atoms with Crippen molar-refractivity contribution in [2.75, 3.05) is 5.32 Å². The molecular formula is C22H18N4O3. The molecule has 0 aliphatic rings. The molecule has 0 spiro atoms. The number of rotatable bonds is 4. The quantitative estimate of drug-likeness (QED) is 0.553. The molecule has 2 heterocycles. The second-order valence-electron chi connectivity index (χ2n) is 6.63. The fraction of sp³-hybridized carbons (Fsp3) is 0.0909. The van der Waals surface area contributed by atoms with Crippen molar-refractivity contribution in [3.05, 3.63) is 88.0 Å². The number of aromatic nitrogens is 3. The zero-order valence-electron chi connectivity index (χ0n) is 15.9. The van der Waals surface area contributed by atoms with Gasteiger partial charge in [-0.25, -0.2) is 10.1 Å². The van der Waals surface area contributed by atoms with Gasteiger partial charge in [0.25, 0.3) is 11.5 Å². The molecule has 2 aromatic heterocycles. The number of H-pyrrole nitrogens is 1. The lowest BCUT2D eigenvalue weighted by Crippen LogP contribution is -2.19. The standard InChI is InChI=1S/C22H18N4O3/c1-13-7-9-16(11-14(13)2)29-19-10-8-15(12-23-19)24-22(28)20-17-5-3-4-6-18(17)21(27)26-25-20/h3-12H,1-2H3,(H,24,28)(H,26,27). The highest BCUT2D eigenvalue weighted by atomic mass is 16.5. The van der Waals surface area contributed by atoms with E-state index in [9.17, 15) is 9.59 Å². The van der Waals surface area contributed by atoms with Crippen LogP contribution in [0.1, 0.15) is 21.6 Å². The lowest BCUT2D eigenvalue weighted by molar-refractivity contribution is 0.102. The fourth-order valence-corrected chi connectivity index (χ4v) is 2.89. The number of aromatic amines is 1. The van der Waals surface area contributed by atoms with E-state index in [-0.39, 0.29) is 11.3 Å². The molecule has 0 aliphatic carbocycles. The topological polar surface area (TPSA) is 97.0 Å². The van der Waals surface area contributed by atoms with E-state index in [1.807, 2.05) is 32.0 Å². The number of anilines is 1. The van der Waals surface area contributed by atoms with Crippen molar-refractivity contribution in [2.45, 2.75) is 13.8 Å².